The third-order valence-corrected chi connectivity index (χ3v) is 16.1. The number of carbonyl (C=O) groups excluding carboxylic acids is 1. The lowest BCUT2D eigenvalue weighted by Crippen LogP contribution is -2.59. The summed E-state index contributed by atoms with van der Waals surface area (Å²) in [6, 6.07) is 12.2. The van der Waals surface area contributed by atoms with Crippen molar-refractivity contribution in [2.75, 3.05) is 77.6 Å². The highest BCUT2D eigenvalue weighted by Crippen LogP contribution is 2.49. The molecule has 294 valence electrons. The second-order valence-electron chi connectivity index (χ2n) is 17.0. The van der Waals surface area contributed by atoms with E-state index in [9.17, 15) is 13.2 Å². The molecule has 12 heteroatoms. The van der Waals surface area contributed by atoms with Gasteiger partial charge in [-0.1, -0.05) is 36.7 Å². The van der Waals surface area contributed by atoms with Crippen LogP contribution in [0.3, 0.4) is 0 Å². The van der Waals surface area contributed by atoms with E-state index in [1.165, 1.54) is 11.1 Å². The number of anilines is 1. The number of allylic oxidation sites excluding steroid dienone is 1. The van der Waals surface area contributed by atoms with Crippen molar-refractivity contribution in [2.24, 2.45) is 17.8 Å². The van der Waals surface area contributed by atoms with Crippen molar-refractivity contribution in [1.29, 1.82) is 0 Å². The van der Waals surface area contributed by atoms with Gasteiger partial charge in [0.15, 0.2) is 0 Å². The molecule has 1 amide bonds. The summed E-state index contributed by atoms with van der Waals surface area (Å²) in [5.41, 5.74) is 2.90. The fourth-order valence-electron chi connectivity index (χ4n) is 10.3. The number of nitrogens with one attached hydrogen (secondary N) is 1. The number of fused-ring (bicyclic) bond motifs is 4. The monoisotopic (exact) mass is 780 g/mol. The zero-order chi connectivity index (χ0) is 37.7. The minimum atomic E-state index is -3.96. The third kappa shape index (κ3) is 7.34. The fraction of sp³-hybridized carbons (Fsp3) is 0.643. The molecule has 0 unspecified atom stereocenters. The zero-order valence-electron chi connectivity index (χ0n) is 32.1. The van der Waals surface area contributed by atoms with Crippen LogP contribution >= 0.6 is 11.6 Å². The topological polar surface area (TPSA) is 101 Å². The number of sulfonamides is 1. The number of ether oxygens (including phenoxy) is 3. The van der Waals surface area contributed by atoms with Crippen molar-refractivity contribution in [1.82, 2.24) is 14.5 Å². The highest BCUT2D eigenvalue weighted by Gasteiger charge is 2.50. The van der Waals surface area contributed by atoms with E-state index >= 15 is 0 Å². The molecule has 10 nitrogen and oxygen atoms in total. The van der Waals surface area contributed by atoms with Crippen LogP contribution in [0.1, 0.15) is 73.9 Å². The first-order chi connectivity index (χ1) is 26.0. The van der Waals surface area contributed by atoms with E-state index in [1.807, 2.05) is 32.2 Å². The number of benzene rings is 2. The molecule has 54 heavy (non-hydrogen) atoms. The van der Waals surface area contributed by atoms with Crippen molar-refractivity contribution in [3.8, 4) is 5.75 Å². The summed E-state index contributed by atoms with van der Waals surface area (Å²) in [5, 5.41) is -0.0290. The van der Waals surface area contributed by atoms with Gasteiger partial charge in [-0.25, -0.2) is 13.1 Å². The Hall–Kier alpha value is -2.67. The Balaban J connectivity index is 1.16. The van der Waals surface area contributed by atoms with E-state index in [1.54, 1.807) is 13.0 Å². The summed E-state index contributed by atoms with van der Waals surface area (Å²) >= 11 is 6.51. The minimum absolute atomic E-state index is 0.219. The molecule has 2 bridgehead atoms. The Labute approximate surface area is 326 Å². The van der Waals surface area contributed by atoms with Gasteiger partial charge < -0.3 is 19.1 Å². The van der Waals surface area contributed by atoms with Crippen LogP contribution < -0.4 is 14.4 Å². The third-order valence-electron chi connectivity index (χ3n) is 13.9. The molecular formula is C42H57ClN4O6S. The van der Waals surface area contributed by atoms with E-state index in [0.717, 1.165) is 114 Å². The first kappa shape index (κ1) is 38.2. The molecule has 2 aromatic carbocycles. The van der Waals surface area contributed by atoms with Crippen molar-refractivity contribution < 1.29 is 27.4 Å². The molecular weight excluding hydrogens is 724 g/mol. The van der Waals surface area contributed by atoms with Crippen LogP contribution in [0.15, 0.2) is 48.6 Å². The lowest BCUT2D eigenvalue weighted by atomic mass is 9.63. The molecule has 2 aromatic rings. The lowest BCUT2D eigenvalue weighted by Gasteiger charge is -2.52. The van der Waals surface area contributed by atoms with E-state index in [4.69, 9.17) is 25.8 Å². The molecule has 1 saturated carbocycles. The van der Waals surface area contributed by atoms with Crippen molar-refractivity contribution >= 4 is 33.2 Å². The van der Waals surface area contributed by atoms with E-state index < -0.39 is 26.8 Å². The maximum Gasteiger partial charge on any atom is 0.264 e. The highest BCUT2D eigenvalue weighted by molar-refractivity contribution is 7.90. The van der Waals surface area contributed by atoms with Gasteiger partial charge in [0.1, 0.15) is 11.4 Å². The van der Waals surface area contributed by atoms with Crippen LogP contribution in [-0.2, 0) is 31.3 Å². The van der Waals surface area contributed by atoms with Gasteiger partial charge in [-0.15, -0.1) is 0 Å². The predicted molar refractivity (Wildman–Crippen MR) is 212 cm³/mol. The van der Waals surface area contributed by atoms with Crippen LogP contribution in [0, 0.1) is 17.8 Å². The summed E-state index contributed by atoms with van der Waals surface area (Å²) in [7, 11) is -2.10. The van der Waals surface area contributed by atoms with E-state index in [0.29, 0.717) is 30.6 Å². The van der Waals surface area contributed by atoms with Gasteiger partial charge in [0.05, 0.1) is 24.2 Å². The maximum absolute atomic E-state index is 13.7. The molecule has 4 aliphatic heterocycles. The molecule has 0 aromatic heterocycles. The van der Waals surface area contributed by atoms with Crippen LogP contribution in [0.5, 0.6) is 5.75 Å². The molecule has 2 aliphatic carbocycles. The number of methoxy groups -OCH3 is 1. The Morgan fingerprint density at radius 2 is 1.89 bits per heavy atom. The Bertz CT molecular complexity index is 1850. The van der Waals surface area contributed by atoms with Gasteiger partial charge in [-0.3, -0.25) is 14.6 Å². The first-order valence-electron chi connectivity index (χ1n) is 20.1. The van der Waals surface area contributed by atoms with Crippen LogP contribution in [0.4, 0.5) is 5.69 Å². The second-order valence-corrected chi connectivity index (χ2v) is 19.5. The number of hydrogen-bond acceptors (Lipinski definition) is 9. The van der Waals surface area contributed by atoms with Crippen LogP contribution in [-0.4, -0.2) is 114 Å². The van der Waals surface area contributed by atoms with Crippen LogP contribution in [0.2, 0.25) is 5.02 Å². The number of rotatable bonds is 4. The van der Waals surface area contributed by atoms with Crippen LogP contribution in [0.25, 0.3) is 0 Å². The summed E-state index contributed by atoms with van der Waals surface area (Å²) in [6.07, 6.45) is 11.2. The zero-order valence-corrected chi connectivity index (χ0v) is 33.7. The normalized spacial score (nSPS) is 35.2. The Morgan fingerprint density at radius 1 is 1.06 bits per heavy atom. The number of aryl methyl sites for hydroxylation is 1. The molecule has 8 rings (SSSR count). The van der Waals surface area contributed by atoms with Gasteiger partial charge >= 0.3 is 0 Å². The lowest BCUT2D eigenvalue weighted by molar-refractivity contribution is -0.0964. The Morgan fingerprint density at radius 3 is 2.63 bits per heavy atom. The SMILES string of the molecule is CO[C@@]1(CN2CCN([C@@H]3CCOC3)CC2)/C=C\C[C@H](C)[C@@H](C)S(=O)(=O)NC(=O)c2ccc3c(c2)N(C[C@@H]2CC[C@H]21)C[C@@]1(CCCc2cc(Cl)ccc21)CO3. The molecule has 0 radical (unpaired) electrons. The van der Waals surface area contributed by atoms with Gasteiger partial charge in [0, 0.05) is 81.6 Å². The van der Waals surface area contributed by atoms with Crippen molar-refractivity contribution in [3.63, 3.8) is 0 Å². The first-order valence-corrected chi connectivity index (χ1v) is 22.1. The molecule has 1 N–H and O–H groups in total. The van der Waals surface area contributed by atoms with Gasteiger partial charge in [0.25, 0.3) is 5.91 Å². The van der Waals surface area contributed by atoms with E-state index in [-0.39, 0.29) is 17.3 Å². The number of amides is 1. The number of hydrogen-bond donors (Lipinski definition) is 1. The number of carbonyl (C=O) groups is 1. The molecule has 7 atom stereocenters. The maximum atomic E-state index is 13.7. The molecule has 1 spiro atoms. The number of piperazine rings is 1. The molecule has 6 aliphatic rings. The predicted octanol–water partition coefficient (Wildman–Crippen LogP) is 5.68. The summed E-state index contributed by atoms with van der Waals surface area (Å²) in [4.78, 5) is 21.3. The summed E-state index contributed by atoms with van der Waals surface area (Å²) in [5.74, 6) is 0.483. The molecule has 3 fully saturated rings. The molecule has 4 heterocycles. The average molecular weight is 781 g/mol. The average Bonchev–Trinajstić information content (AvgIpc) is 3.65. The number of nitrogens with zero attached hydrogens (tertiary/aromatic N) is 3. The second kappa shape index (κ2) is 15.3. The highest BCUT2D eigenvalue weighted by atomic mass is 35.5. The van der Waals surface area contributed by atoms with Gasteiger partial charge in [-0.2, -0.15) is 0 Å². The Kier molecular flexibility index (Phi) is 10.9. The number of halogens is 1. The van der Waals surface area contributed by atoms with Crippen molar-refractivity contribution in [2.45, 2.75) is 81.1 Å². The fourth-order valence-corrected chi connectivity index (χ4v) is 11.7. The smallest absolute Gasteiger partial charge is 0.264 e. The largest absolute Gasteiger partial charge is 0.490 e. The molecule has 2 saturated heterocycles. The van der Waals surface area contributed by atoms with Gasteiger partial charge in [-0.05, 0) is 111 Å². The summed E-state index contributed by atoms with van der Waals surface area (Å²) in [6.45, 7) is 12.1. The minimum Gasteiger partial charge on any atom is -0.490 e. The quantitative estimate of drug-likeness (QED) is 0.394. The van der Waals surface area contributed by atoms with E-state index in [2.05, 4.69) is 43.7 Å². The van der Waals surface area contributed by atoms with Crippen molar-refractivity contribution in [3.05, 3.63) is 70.3 Å². The van der Waals surface area contributed by atoms with Gasteiger partial charge in [0.2, 0.25) is 10.0 Å². The standard InChI is InChI=1S/C42H57ClN4O6S/c1-29-6-4-16-42(51-3,27-45-17-19-46(20-18-45)35-14-21-52-25-35)37-11-8-33(37)24-47-26-41(15-5-7-31-22-34(43)10-12-36(31)41)28-53-39-13-9-32(23-38(39)47)40(48)44-54(49,50)30(29)2/h4,9-10,12-13,16,22-23,29-30,33,35,37H,5-8,11,14-15,17-21,24-28H2,1-3H3,(H,44,48)/b16-4-/t29-,30+,33-,35+,37+,41-,42+/m0/s1. The summed E-state index contributed by atoms with van der Waals surface area (Å²) < 4.78 is 48.8.